The van der Waals surface area contributed by atoms with Gasteiger partial charge in [-0.2, -0.15) is 0 Å². The van der Waals surface area contributed by atoms with Crippen molar-refractivity contribution in [3.05, 3.63) is 0 Å². The van der Waals surface area contributed by atoms with Crippen LogP contribution in [0.4, 0.5) is 0 Å². The molecule has 0 saturated carbocycles. The molecule has 0 aromatic heterocycles. The quantitative estimate of drug-likeness (QED) is 0.559. The van der Waals surface area contributed by atoms with E-state index >= 15 is 0 Å². The van der Waals surface area contributed by atoms with Gasteiger partial charge in [0.2, 0.25) is 0 Å². The lowest BCUT2D eigenvalue weighted by molar-refractivity contribution is -0.148. The van der Waals surface area contributed by atoms with Gasteiger partial charge < -0.3 is 14.6 Å². The fourth-order valence-corrected chi connectivity index (χ4v) is 1.10. The van der Waals surface area contributed by atoms with Crippen LogP contribution in [-0.4, -0.2) is 37.5 Å². The number of aliphatic hydroxyl groups excluding tert-OH is 1. The summed E-state index contributed by atoms with van der Waals surface area (Å²) in [5.41, 5.74) is 0. The second kappa shape index (κ2) is 3.69. The maximum atomic E-state index is 11.0. The second-order valence-corrected chi connectivity index (χ2v) is 2.39. The number of esters is 1. The molecule has 3 atom stereocenters. The van der Waals surface area contributed by atoms with Gasteiger partial charge in [0.25, 0.3) is 0 Å². The Morgan fingerprint density at radius 1 is 2.00 bits per heavy atom. The van der Waals surface area contributed by atoms with E-state index in [1.807, 2.05) is 0 Å². The van der Waals surface area contributed by atoms with Gasteiger partial charge in [0, 0.05) is 6.58 Å². The highest BCUT2D eigenvalue weighted by molar-refractivity contribution is 5.73. The molecule has 0 aromatic carbocycles. The second-order valence-electron chi connectivity index (χ2n) is 2.39. The molecular formula is C7H12O4. The summed E-state index contributed by atoms with van der Waals surface area (Å²) in [6, 6.07) is 0. The van der Waals surface area contributed by atoms with Crippen molar-refractivity contribution in [1.29, 1.82) is 0 Å². The third kappa shape index (κ3) is 1.70. The molecule has 1 aliphatic rings. The molecule has 0 bridgehead atoms. The third-order valence-corrected chi connectivity index (χ3v) is 1.75. The van der Waals surface area contributed by atoms with Crippen LogP contribution < -0.4 is 0 Å². The Kier molecular flexibility index (Phi) is 2.37. The summed E-state index contributed by atoms with van der Waals surface area (Å²) in [5, 5.41) is 8.78. The smallest absolute Gasteiger partial charge is 0.311 e. The minimum Gasteiger partial charge on any atom is -0.469 e. The monoisotopic (exact) mass is 162 g/mol. The highest BCUT2D eigenvalue weighted by Gasteiger charge is 2.34. The molecule has 0 radical (unpaired) electrons. The van der Waals surface area contributed by atoms with E-state index in [4.69, 9.17) is 11.2 Å². The Balaban J connectivity index is 2.57. The summed E-state index contributed by atoms with van der Waals surface area (Å²) >= 11 is 0. The molecule has 1 fully saturated rings. The van der Waals surface area contributed by atoms with Crippen molar-refractivity contribution in [3.63, 3.8) is 0 Å². The molecule has 2 unspecified atom stereocenters. The van der Waals surface area contributed by atoms with Gasteiger partial charge >= 0.3 is 5.97 Å². The Hall–Kier alpha value is -0.610. The first-order valence-electron chi connectivity index (χ1n) is 4.03. The average molecular weight is 162 g/mol. The Morgan fingerprint density at radius 2 is 2.73 bits per heavy atom. The lowest BCUT2D eigenvalue weighted by atomic mass is 10.0. The minimum absolute atomic E-state index is 0.241. The number of ether oxygens (including phenoxy) is 2. The zero-order chi connectivity index (χ0) is 9.14. The van der Waals surface area contributed by atoms with Gasteiger partial charge in [-0.15, -0.1) is 0 Å². The van der Waals surface area contributed by atoms with Gasteiger partial charge in [0.1, 0.15) is 0 Å². The van der Waals surface area contributed by atoms with Crippen LogP contribution in [0.1, 0.15) is 7.79 Å². The lowest BCUT2D eigenvalue weighted by Crippen LogP contribution is -2.28. The van der Waals surface area contributed by atoms with Crippen molar-refractivity contribution in [1.82, 2.24) is 0 Å². The number of methoxy groups -OCH3 is 1. The van der Waals surface area contributed by atoms with Crippen LogP contribution in [0, 0.1) is 5.92 Å². The van der Waals surface area contributed by atoms with E-state index in [0.29, 0.717) is 6.42 Å². The van der Waals surface area contributed by atoms with Gasteiger partial charge in [-0.05, 0) is 6.42 Å². The molecule has 11 heavy (non-hydrogen) atoms. The van der Waals surface area contributed by atoms with E-state index in [1.54, 1.807) is 0 Å². The molecule has 1 heterocycles. The van der Waals surface area contributed by atoms with Crippen LogP contribution in [0.2, 0.25) is 0 Å². The van der Waals surface area contributed by atoms with Gasteiger partial charge in [0.05, 0.1) is 27.1 Å². The van der Waals surface area contributed by atoms with Crippen molar-refractivity contribution in [2.45, 2.75) is 12.5 Å². The molecule has 4 heteroatoms. The predicted octanol–water partition coefficient (Wildman–Crippen LogP) is -0.443. The zero-order valence-electron chi connectivity index (χ0n) is 7.32. The largest absolute Gasteiger partial charge is 0.469 e. The van der Waals surface area contributed by atoms with Gasteiger partial charge in [-0.25, -0.2) is 0 Å². The van der Waals surface area contributed by atoms with Crippen molar-refractivity contribution in [2.24, 2.45) is 5.92 Å². The van der Waals surface area contributed by atoms with Crippen molar-refractivity contribution in [3.8, 4) is 0 Å². The summed E-state index contributed by atoms with van der Waals surface area (Å²) in [7, 11) is 1.29. The summed E-state index contributed by atoms with van der Waals surface area (Å²) in [5.74, 6) is -0.897. The number of rotatable bonds is 2. The Labute approximate surface area is 66.5 Å². The van der Waals surface area contributed by atoms with E-state index < -0.39 is 24.6 Å². The first-order chi connectivity index (χ1) is 5.69. The first kappa shape index (κ1) is 7.06. The Bertz CT molecular complexity index is 173. The highest BCUT2D eigenvalue weighted by Crippen LogP contribution is 2.21. The molecule has 4 nitrogen and oxygen atoms in total. The van der Waals surface area contributed by atoms with Gasteiger partial charge in [0.15, 0.2) is 0 Å². The molecule has 1 aliphatic heterocycles. The van der Waals surface area contributed by atoms with Crippen LogP contribution in [0.25, 0.3) is 0 Å². The first-order valence-corrected chi connectivity index (χ1v) is 3.45. The van der Waals surface area contributed by atoms with Crippen LogP contribution in [-0.2, 0) is 14.3 Å². The number of hydrogen-bond donors (Lipinski definition) is 1. The number of carbonyl (C=O) groups is 1. The van der Waals surface area contributed by atoms with Crippen LogP contribution in [0.3, 0.4) is 0 Å². The van der Waals surface area contributed by atoms with E-state index in [1.165, 1.54) is 7.11 Å². The molecule has 1 N–H and O–H groups in total. The van der Waals surface area contributed by atoms with E-state index in [2.05, 4.69) is 4.74 Å². The van der Waals surface area contributed by atoms with Crippen molar-refractivity contribution < 1.29 is 20.7 Å². The zero-order valence-corrected chi connectivity index (χ0v) is 6.32. The molecule has 0 aliphatic carbocycles. The maximum absolute atomic E-state index is 11.0. The minimum atomic E-state index is -0.716. The normalized spacial score (nSPS) is 38.4. The SMILES string of the molecule is [3H]C1CC(C(=O)OC)[C@@H](CO)O1. The topological polar surface area (TPSA) is 55.8 Å². The average Bonchev–Trinajstić information content (AvgIpc) is 2.45. The van der Waals surface area contributed by atoms with E-state index in [0.717, 1.165) is 0 Å². The number of carbonyl (C=O) groups excluding carboxylic acids is 1. The molecule has 0 spiro atoms. The molecular weight excluding hydrogens is 148 g/mol. The van der Waals surface area contributed by atoms with Gasteiger partial charge in [-0.1, -0.05) is 0 Å². The summed E-state index contributed by atoms with van der Waals surface area (Å²) in [6.07, 6.45) is -0.266. The van der Waals surface area contributed by atoms with Crippen molar-refractivity contribution in [2.75, 3.05) is 20.3 Å². The maximum Gasteiger partial charge on any atom is 0.311 e. The Morgan fingerprint density at radius 3 is 3.27 bits per heavy atom. The fraction of sp³-hybridized carbons (Fsp3) is 0.857. The molecule has 64 valence electrons. The number of hydrogen-bond acceptors (Lipinski definition) is 4. The summed E-state index contributed by atoms with van der Waals surface area (Å²) < 4.78 is 16.7. The number of aliphatic hydroxyl groups is 1. The van der Waals surface area contributed by atoms with Crippen LogP contribution >= 0.6 is 0 Å². The lowest BCUT2D eigenvalue weighted by Gasteiger charge is -2.12. The molecule has 0 amide bonds. The molecule has 1 saturated heterocycles. The van der Waals surface area contributed by atoms with Crippen molar-refractivity contribution >= 4 is 5.97 Å². The standard InChI is InChI=1S/C7H12O4/c1-10-7(9)5-2-3-11-6(5)4-8/h5-6,8H,2-4H2,1H3/t5?,6-/m1/s1/i3T/t3?,5?,6-. The highest BCUT2D eigenvalue weighted by atomic mass is 16.5. The summed E-state index contributed by atoms with van der Waals surface area (Å²) in [6.45, 7) is -0.957. The van der Waals surface area contributed by atoms with E-state index in [9.17, 15) is 4.79 Å². The fourth-order valence-electron chi connectivity index (χ4n) is 1.10. The van der Waals surface area contributed by atoms with Gasteiger partial charge in [-0.3, -0.25) is 4.79 Å². The predicted molar refractivity (Wildman–Crippen MR) is 36.9 cm³/mol. The summed E-state index contributed by atoms with van der Waals surface area (Å²) in [4.78, 5) is 11.0. The third-order valence-electron chi connectivity index (χ3n) is 1.75. The van der Waals surface area contributed by atoms with Crippen LogP contribution in [0.5, 0.6) is 0 Å². The molecule has 1 rings (SSSR count). The molecule has 0 aromatic rings. The van der Waals surface area contributed by atoms with E-state index in [-0.39, 0.29) is 6.61 Å². The van der Waals surface area contributed by atoms with Crippen LogP contribution in [0.15, 0.2) is 0 Å².